The average molecular weight is 335 g/mol. The molecule has 2 unspecified atom stereocenters. The van der Waals surface area contributed by atoms with Crippen LogP contribution >= 0.6 is 0 Å². The van der Waals surface area contributed by atoms with Crippen molar-refractivity contribution in [2.24, 2.45) is 0 Å². The zero-order chi connectivity index (χ0) is 18.0. The number of nitrogens with zero attached hydrogens (tertiary/aromatic N) is 1. The molecule has 1 fully saturated rings. The molecular weight excluding hydrogens is 310 g/mol. The van der Waals surface area contributed by atoms with E-state index in [9.17, 15) is 14.7 Å². The van der Waals surface area contributed by atoms with E-state index in [0.717, 1.165) is 5.56 Å². The van der Waals surface area contributed by atoms with Crippen LogP contribution in [0, 0.1) is 0 Å². The number of esters is 1. The van der Waals surface area contributed by atoms with E-state index in [-0.39, 0.29) is 19.6 Å². The van der Waals surface area contributed by atoms with E-state index in [1.807, 2.05) is 30.3 Å². The lowest BCUT2D eigenvalue weighted by Crippen LogP contribution is -2.44. The van der Waals surface area contributed by atoms with Gasteiger partial charge in [-0.3, -0.25) is 4.90 Å². The van der Waals surface area contributed by atoms with Gasteiger partial charge in [0.1, 0.15) is 18.2 Å². The fourth-order valence-electron chi connectivity index (χ4n) is 2.62. The van der Waals surface area contributed by atoms with Gasteiger partial charge >= 0.3 is 12.1 Å². The quantitative estimate of drug-likeness (QED) is 0.859. The van der Waals surface area contributed by atoms with Crippen LogP contribution in [0.25, 0.3) is 0 Å². The summed E-state index contributed by atoms with van der Waals surface area (Å²) in [6.45, 7) is 7.01. The number of carbonyl (C=O) groups is 2. The summed E-state index contributed by atoms with van der Waals surface area (Å²) in [5, 5.41) is 10.3. The molecule has 132 valence electrons. The minimum atomic E-state index is -1.15. The summed E-state index contributed by atoms with van der Waals surface area (Å²) in [7, 11) is 0. The molecule has 24 heavy (non-hydrogen) atoms. The first-order valence-electron chi connectivity index (χ1n) is 8.00. The molecule has 1 aromatic rings. The van der Waals surface area contributed by atoms with Crippen LogP contribution in [0.1, 0.15) is 39.7 Å². The number of hydrogen-bond donors (Lipinski definition) is 1. The van der Waals surface area contributed by atoms with Gasteiger partial charge < -0.3 is 14.6 Å². The molecule has 0 spiro atoms. The summed E-state index contributed by atoms with van der Waals surface area (Å²) >= 11 is 0. The molecule has 1 aliphatic rings. The molecule has 1 aliphatic heterocycles. The largest absolute Gasteiger partial charge is 0.459 e. The Morgan fingerprint density at radius 2 is 1.92 bits per heavy atom. The van der Waals surface area contributed by atoms with Crippen molar-refractivity contribution in [2.75, 3.05) is 6.54 Å². The Balaban J connectivity index is 2.04. The molecule has 0 saturated carbocycles. The predicted molar refractivity (Wildman–Crippen MR) is 88.2 cm³/mol. The maximum atomic E-state index is 12.4. The van der Waals surface area contributed by atoms with Crippen molar-refractivity contribution in [1.29, 1.82) is 0 Å². The second-order valence-corrected chi connectivity index (χ2v) is 7.42. The van der Waals surface area contributed by atoms with E-state index in [4.69, 9.17) is 9.47 Å². The molecule has 1 N–H and O–H groups in total. The molecular formula is C18H25NO5. The summed E-state index contributed by atoms with van der Waals surface area (Å²) in [6, 6.07) is 8.45. The number of amides is 1. The van der Waals surface area contributed by atoms with E-state index in [1.165, 1.54) is 4.90 Å². The summed E-state index contributed by atoms with van der Waals surface area (Å²) < 4.78 is 10.6. The Morgan fingerprint density at radius 1 is 1.29 bits per heavy atom. The zero-order valence-electron chi connectivity index (χ0n) is 14.6. The van der Waals surface area contributed by atoms with Crippen LogP contribution < -0.4 is 0 Å². The van der Waals surface area contributed by atoms with Gasteiger partial charge in [0, 0.05) is 6.42 Å². The van der Waals surface area contributed by atoms with E-state index < -0.39 is 29.3 Å². The van der Waals surface area contributed by atoms with Crippen molar-refractivity contribution in [1.82, 2.24) is 4.90 Å². The number of rotatable bonds is 3. The highest BCUT2D eigenvalue weighted by molar-refractivity contribution is 5.82. The third-order valence-electron chi connectivity index (χ3n) is 3.64. The number of β-amino-alcohol motifs (C(OH)–C–C–N with tert-alkyl or cyclic N) is 1. The van der Waals surface area contributed by atoms with Gasteiger partial charge in [-0.2, -0.15) is 0 Å². The molecule has 1 saturated heterocycles. The molecule has 0 radical (unpaired) electrons. The van der Waals surface area contributed by atoms with Gasteiger partial charge in [0.05, 0.1) is 12.1 Å². The van der Waals surface area contributed by atoms with Crippen LogP contribution in [0.2, 0.25) is 0 Å². The van der Waals surface area contributed by atoms with E-state index in [2.05, 4.69) is 0 Å². The SMILES string of the molecule is CC1(O)CC(C(=O)OCc2ccccc2)N(C(=O)OC(C)(C)C)C1. The monoisotopic (exact) mass is 335 g/mol. The fraction of sp³-hybridized carbons (Fsp3) is 0.556. The normalized spacial score (nSPS) is 23.9. The maximum Gasteiger partial charge on any atom is 0.411 e. The molecule has 1 aromatic carbocycles. The molecule has 0 aromatic heterocycles. The van der Waals surface area contributed by atoms with Crippen LogP contribution in [-0.2, 0) is 20.9 Å². The molecule has 0 aliphatic carbocycles. The summed E-state index contributed by atoms with van der Waals surface area (Å²) in [5.41, 5.74) is -0.961. The minimum Gasteiger partial charge on any atom is -0.459 e. The molecule has 1 heterocycles. The van der Waals surface area contributed by atoms with E-state index in [0.29, 0.717) is 0 Å². The Morgan fingerprint density at radius 3 is 2.50 bits per heavy atom. The van der Waals surface area contributed by atoms with Crippen molar-refractivity contribution >= 4 is 12.1 Å². The average Bonchev–Trinajstić information content (AvgIpc) is 2.80. The molecule has 2 rings (SSSR count). The van der Waals surface area contributed by atoms with Gasteiger partial charge in [0.25, 0.3) is 0 Å². The first-order valence-corrected chi connectivity index (χ1v) is 8.00. The van der Waals surface area contributed by atoms with Crippen molar-refractivity contribution < 1.29 is 24.2 Å². The summed E-state index contributed by atoms with van der Waals surface area (Å²) in [6.07, 6.45) is -0.498. The molecule has 6 heteroatoms. The second kappa shape index (κ2) is 6.81. The van der Waals surface area contributed by atoms with E-state index in [1.54, 1.807) is 27.7 Å². The standard InChI is InChI=1S/C18H25NO5/c1-17(2,3)24-16(21)19-12-18(4,22)10-14(19)15(20)23-11-13-8-6-5-7-9-13/h5-9,14,22H,10-12H2,1-4H3. The van der Waals surface area contributed by atoms with Gasteiger partial charge in [0.2, 0.25) is 0 Å². The van der Waals surface area contributed by atoms with Gasteiger partial charge in [0.15, 0.2) is 0 Å². The first kappa shape index (κ1) is 18.3. The van der Waals surface area contributed by atoms with Crippen molar-refractivity contribution in [3.05, 3.63) is 35.9 Å². The number of likely N-dealkylation sites (tertiary alicyclic amines) is 1. The van der Waals surface area contributed by atoms with Crippen LogP contribution in [0.15, 0.2) is 30.3 Å². The number of carbonyl (C=O) groups excluding carboxylic acids is 2. The maximum absolute atomic E-state index is 12.4. The number of hydrogen-bond acceptors (Lipinski definition) is 5. The lowest BCUT2D eigenvalue weighted by atomic mass is 10.0. The molecule has 1 amide bonds. The lowest BCUT2D eigenvalue weighted by Gasteiger charge is -2.27. The number of benzene rings is 1. The summed E-state index contributed by atoms with van der Waals surface area (Å²) in [5.74, 6) is -0.539. The van der Waals surface area contributed by atoms with Crippen LogP contribution in [-0.4, -0.2) is 45.9 Å². The first-order chi connectivity index (χ1) is 11.1. The Labute approximate surface area is 142 Å². The third kappa shape index (κ3) is 4.96. The van der Waals surface area contributed by atoms with Crippen LogP contribution in [0.3, 0.4) is 0 Å². The minimum absolute atomic E-state index is 0.0347. The number of ether oxygens (including phenoxy) is 2. The zero-order valence-corrected chi connectivity index (χ0v) is 14.6. The molecule has 0 bridgehead atoms. The fourth-order valence-corrected chi connectivity index (χ4v) is 2.62. The third-order valence-corrected chi connectivity index (χ3v) is 3.64. The van der Waals surface area contributed by atoms with Gasteiger partial charge in [-0.05, 0) is 33.3 Å². The van der Waals surface area contributed by atoms with Gasteiger partial charge in [-0.15, -0.1) is 0 Å². The molecule has 6 nitrogen and oxygen atoms in total. The van der Waals surface area contributed by atoms with Gasteiger partial charge in [-0.1, -0.05) is 30.3 Å². The van der Waals surface area contributed by atoms with E-state index >= 15 is 0 Å². The van der Waals surface area contributed by atoms with Crippen LogP contribution in [0.5, 0.6) is 0 Å². The second-order valence-electron chi connectivity index (χ2n) is 7.42. The smallest absolute Gasteiger partial charge is 0.411 e. The Hall–Kier alpha value is -2.08. The van der Waals surface area contributed by atoms with Crippen molar-refractivity contribution in [3.8, 4) is 0 Å². The molecule has 2 atom stereocenters. The Kier molecular flexibility index (Phi) is 5.18. The lowest BCUT2D eigenvalue weighted by molar-refractivity contribution is -0.150. The highest BCUT2D eigenvalue weighted by Gasteiger charge is 2.47. The number of aliphatic hydroxyl groups is 1. The van der Waals surface area contributed by atoms with Crippen LogP contribution in [0.4, 0.5) is 4.79 Å². The predicted octanol–water partition coefficient (Wildman–Crippen LogP) is 2.49. The Bertz CT molecular complexity index is 591. The van der Waals surface area contributed by atoms with Crippen molar-refractivity contribution in [2.45, 2.75) is 58.0 Å². The van der Waals surface area contributed by atoms with Crippen molar-refractivity contribution in [3.63, 3.8) is 0 Å². The summed E-state index contributed by atoms with van der Waals surface area (Å²) in [4.78, 5) is 26.0. The highest BCUT2D eigenvalue weighted by atomic mass is 16.6. The van der Waals surface area contributed by atoms with Gasteiger partial charge in [-0.25, -0.2) is 9.59 Å². The topological polar surface area (TPSA) is 76.1 Å². The highest BCUT2D eigenvalue weighted by Crippen LogP contribution is 2.29.